The summed E-state index contributed by atoms with van der Waals surface area (Å²) in [5, 5.41) is 2.94. The van der Waals surface area contributed by atoms with E-state index in [2.05, 4.69) is 5.32 Å². The highest BCUT2D eigenvalue weighted by atomic mass is 19.4. The van der Waals surface area contributed by atoms with Crippen molar-refractivity contribution >= 4 is 5.91 Å². The highest BCUT2D eigenvalue weighted by Crippen LogP contribution is 2.29. The molecule has 0 saturated carbocycles. The minimum Gasteiger partial charge on any atom is -0.342 e. The summed E-state index contributed by atoms with van der Waals surface area (Å²) in [4.78, 5) is 13.4. The molecule has 0 spiro atoms. The number of nitrogens with zero attached hydrogens (tertiary/aromatic N) is 1. The van der Waals surface area contributed by atoms with Gasteiger partial charge in [0.25, 0.3) is 5.91 Å². The van der Waals surface area contributed by atoms with E-state index < -0.39 is 17.6 Å². The molecule has 0 unspecified atom stereocenters. The fraction of sp³-hybridized carbons (Fsp3) is 0.462. The zero-order valence-electron chi connectivity index (χ0n) is 10.9. The summed E-state index contributed by atoms with van der Waals surface area (Å²) in [6, 6.07) is 4.48. The van der Waals surface area contributed by atoms with E-state index in [4.69, 9.17) is 0 Å². The molecule has 6 heteroatoms. The number of amides is 1. The lowest BCUT2D eigenvalue weighted by molar-refractivity contribution is -0.137. The minimum atomic E-state index is -4.43. The van der Waals surface area contributed by atoms with Gasteiger partial charge in [-0.1, -0.05) is 6.07 Å². The Labute approximate surface area is 110 Å². The summed E-state index contributed by atoms with van der Waals surface area (Å²) in [6.45, 7) is 1.25. The lowest BCUT2D eigenvalue weighted by Gasteiger charge is -2.17. The number of hydrogen-bond acceptors (Lipinski definition) is 2. The van der Waals surface area contributed by atoms with E-state index in [0.29, 0.717) is 6.54 Å². The van der Waals surface area contributed by atoms with Gasteiger partial charge in [-0.3, -0.25) is 4.79 Å². The molecule has 0 heterocycles. The van der Waals surface area contributed by atoms with Gasteiger partial charge < -0.3 is 10.2 Å². The van der Waals surface area contributed by atoms with Gasteiger partial charge in [0.05, 0.1) is 5.56 Å². The SMILES string of the molecule is CNCCCN(C)C(=O)c1cccc(C(F)(F)F)c1. The number of hydrogen-bond donors (Lipinski definition) is 1. The highest BCUT2D eigenvalue weighted by molar-refractivity contribution is 5.94. The molecule has 1 aromatic rings. The van der Waals surface area contributed by atoms with E-state index in [1.54, 1.807) is 14.1 Å². The molecule has 0 aliphatic carbocycles. The maximum atomic E-state index is 12.5. The van der Waals surface area contributed by atoms with E-state index in [1.807, 2.05) is 0 Å². The van der Waals surface area contributed by atoms with Crippen LogP contribution in [-0.4, -0.2) is 38.0 Å². The van der Waals surface area contributed by atoms with E-state index in [1.165, 1.54) is 17.0 Å². The van der Waals surface area contributed by atoms with Crippen molar-refractivity contribution in [3.05, 3.63) is 35.4 Å². The largest absolute Gasteiger partial charge is 0.416 e. The number of carbonyl (C=O) groups excluding carboxylic acids is 1. The second-order valence-electron chi connectivity index (χ2n) is 4.26. The van der Waals surface area contributed by atoms with Gasteiger partial charge in [-0.25, -0.2) is 0 Å². The van der Waals surface area contributed by atoms with Gasteiger partial charge in [-0.05, 0) is 38.2 Å². The van der Waals surface area contributed by atoms with Crippen molar-refractivity contribution in [3.8, 4) is 0 Å². The molecule has 0 radical (unpaired) electrons. The van der Waals surface area contributed by atoms with Crippen molar-refractivity contribution in [2.24, 2.45) is 0 Å². The molecule has 0 fully saturated rings. The molecule has 1 amide bonds. The summed E-state index contributed by atoms with van der Waals surface area (Å²) in [5.41, 5.74) is -0.747. The highest BCUT2D eigenvalue weighted by Gasteiger charge is 2.31. The Bertz CT molecular complexity index is 432. The second kappa shape index (κ2) is 6.56. The third-order valence-electron chi connectivity index (χ3n) is 2.70. The maximum absolute atomic E-state index is 12.5. The van der Waals surface area contributed by atoms with Crippen LogP contribution >= 0.6 is 0 Å². The van der Waals surface area contributed by atoms with E-state index >= 15 is 0 Å². The average Bonchev–Trinajstić information content (AvgIpc) is 2.37. The summed E-state index contributed by atoms with van der Waals surface area (Å²) in [6.07, 6.45) is -3.68. The molecular weight excluding hydrogens is 257 g/mol. The van der Waals surface area contributed by atoms with Crippen LogP contribution in [-0.2, 0) is 6.18 Å². The Morgan fingerprint density at radius 3 is 2.63 bits per heavy atom. The van der Waals surface area contributed by atoms with Crippen molar-refractivity contribution in [1.82, 2.24) is 10.2 Å². The number of nitrogens with one attached hydrogen (secondary N) is 1. The molecule has 0 aliphatic rings. The summed E-state index contributed by atoms with van der Waals surface area (Å²) in [7, 11) is 3.38. The van der Waals surface area contributed by atoms with Gasteiger partial charge in [0, 0.05) is 19.2 Å². The Morgan fingerprint density at radius 1 is 1.37 bits per heavy atom. The first-order valence-corrected chi connectivity index (χ1v) is 5.93. The quantitative estimate of drug-likeness (QED) is 0.836. The van der Waals surface area contributed by atoms with Crippen LogP contribution in [0.25, 0.3) is 0 Å². The number of benzene rings is 1. The first-order valence-electron chi connectivity index (χ1n) is 5.93. The first kappa shape index (κ1) is 15.5. The maximum Gasteiger partial charge on any atom is 0.416 e. The van der Waals surface area contributed by atoms with Gasteiger partial charge in [-0.2, -0.15) is 13.2 Å². The van der Waals surface area contributed by atoms with Crippen LogP contribution in [0.1, 0.15) is 22.3 Å². The third-order valence-corrected chi connectivity index (χ3v) is 2.70. The molecule has 0 bridgehead atoms. The van der Waals surface area contributed by atoms with E-state index in [9.17, 15) is 18.0 Å². The molecule has 106 valence electrons. The predicted octanol–water partition coefficient (Wildman–Crippen LogP) is 2.39. The van der Waals surface area contributed by atoms with E-state index in [-0.39, 0.29) is 5.56 Å². The molecule has 0 saturated heterocycles. The van der Waals surface area contributed by atoms with Gasteiger partial charge in [0.2, 0.25) is 0 Å². The van der Waals surface area contributed by atoms with Gasteiger partial charge in [0.15, 0.2) is 0 Å². The summed E-state index contributed by atoms with van der Waals surface area (Å²) < 4.78 is 37.6. The van der Waals surface area contributed by atoms with Crippen molar-refractivity contribution < 1.29 is 18.0 Å². The zero-order valence-corrected chi connectivity index (χ0v) is 10.9. The Balaban J connectivity index is 2.77. The molecule has 1 rings (SSSR count). The van der Waals surface area contributed by atoms with Crippen LogP contribution in [0.15, 0.2) is 24.3 Å². The monoisotopic (exact) mass is 274 g/mol. The molecular formula is C13H17F3N2O. The normalized spacial score (nSPS) is 11.4. The number of rotatable bonds is 5. The molecule has 0 atom stereocenters. The second-order valence-corrected chi connectivity index (χ2v) is 4.26. The fourth-order valence-corrected chi connectivity index (χ4v) is 1.64. The van der Waals surface area contributed by atoms with Crippen LogP contribution in [0.2, 0.25) is 0 Å². The summed E-state index contributed by atoms with van der Waals surface area (Å²) >= 11 is 0. The van der Waals surface area contributed by atoms with Crippen LogP contribution in [0.5, 0.6) is 0 Å². The lowest BCUT2D eigenvalue weighted by Crippen LogP contribution is -2.29. The van der Waals surface area contributed by atoms with Crippen LogP contribution in [0.4, 0.5) is 13.2 Å². The Morgan fingerprint density at radius 2 is 2.05 bits per heavy atom. The molecule has 3 nitrogen and oxygen atoms in total. The lowest BCUT2D eigenvalue weighted by atomic mass is 10.1. The third kappa shape index (κ3) is 4.55. The first-order chi connectivity index (χ1) is 8.86. The van der Waals surface area contributed by atoms with Crippen LogP contribution in [0, 0.1) is 0 Å². The van der Waals surface area contributed by atoms with Gasteiger partial charge in [-0.15, -0.1) is 0 Å². The average molecular weight is 274 g/mol. The van der Waals surface area contributed by atoms with Crippen molar-refractivity contribution in [2.45, 2.75) is 12.6 Å². The standard InChI is InChI=1S/C13H17F3N2O/c1-17-7-4-8-18(2)12(19)10-5-3-6-11(9-10)13(14,15)16/h3,5-6,9,17H,4,7-8H2,1-2H3. The van der Waals surface area contributed by atoms with E-state index in [0.717, 1.165) is 25.1 Å². The fourth-order valence-electron chi connectivity index (χ4n) is 1.64. The molecule has 0 aliphatic heterocycles. The number of carbonyl (C=O) groups is 1. The van der Waals surface area contributed by atoms with Crippen molar-refractivity contribution in [1.29, 1.82) is 0 Å². The van der Waals surface area contributed by atoms with Gasteiger partial charge >= 0.3 is 6.18 Å². The Kier molecular flexibility index (Phi) is 5.35. The van der Waals surface area contributed by atoms with Crippen molar-refractivity contribution in [3.63, 3.8) is 0 Å². The zero-order chi connectivity index (χ0) is 14.5. The minimum absolute atomic E-state index is 0.0572. The number of alkyl halides is 3. The van der Waals surface area contributed by atoms with Crippen molar-refractivity contribution in [2.75, 3.05) is 27.2 Å². The smallest absolute Gasteiger partial charge is 0.342 e. The molecule has 1 aromatic carbocycles. The Hall–Kier alpha value is -1.56. The van der Waals surface area contributed by atoms with Gasteiger partial charge in [0.1, 0.15) is 0 Å². The van der Waals surface area contributed by atoms with Crippen LogP contribution < -0.4 is 5.32 Å². The van der Waals surface area contributed by atoms with Crippen LogP contribution in [0.3, 0.4) is 0 Å². The number of halogens is 3. The molecule has 0 aromatic heterocycles. The topological polar surface area (TPSA) is 32.3 Å². The molecule has 1 N–H and O–H groups in total. The summed E-state index contributed by atoms with van der Waals surface area (Å²) in [5.74, 6) is -0.401. The predicted molar refractivity (Wildman–Crippen MR) is 66.9 cm³/mol. The molecule has 19 heavy (non-hydrogen) atoms.